The maximum Gasteiger partial charge on any atom is 0.253 e. The van der Waals surface area contributed by atoms with Crippen molar-refractivity contribution in [2.75, 3.05) is 12.4 Å². The number of carbonyl (C=O) groups excluding carboxylic acids is 1. The highest BCUT2D eigenvalue weighted by Gasteiger charge is 2.11. The lowest BCUT2D eigenvalue weighted by atomic mass is 10.1. The molecule has 0 saturated heterocycles. The second-order valence-electron chi connectivity index (χ2n) is 4.35. The van der Waals surface area contributed by atoms with Crippen LogP contribution < -0.4 is 10.6 Å². The molecule has 1 aromatic heterocycles. The largest absolute Gasteiger partial charge is 0.444 e. The van der Waals surface area contributed by atoms with Gasteiger partial charge in [0.05, 0.1) is 18.3 Å². The van der Waals surface area contributed by atoms with Gasteiger partial charge in [0.15, 0.2) is 0 Å². The molecule has 0 aliphatic heterocycles. The lowest BCUT2D eigenvalue weighted by Crippen LogP contribution is -2.23. The van der Waals surface area contributed by atoms with Crippen LogP contribution in [0.4, 0.5) is 5.69 Å². The molecule has 5 heteroatoms. The van der Waals surface area contributed by atoms with E-state index in [1.807, 2.05) is 26.0 Å². The first-order valence-electron chi connectivity index (χ1n) is 6.08. The van der Waals surface area contributed by atoms with Crippen LogP contribution in [0.5, 0.6) is 0 Å². The van der Waals surface area contributed by atoms with Gasteiger partial charge in [0, 0.05) is 12.7 Å². The minimum Gasteiger partial charge on any atom is -0.444 e. The number of aromatic nitrogens is 1. The fourth-order valence-corrected chi connectivity index (χ4v) is 1.80. The van der Waals surface area contributed by atoms with E-state index >= 15 is 0 Å². The van der Waals surface area contributed by atoms with Gasteiger partial charge in [-0.2, -0.15) is 0 Å². The molecule has 0 aliphatic rings. The zero-order chi connectivity index (χ0) is 13.8. The lowest BCUT2D eigenvalue weighted by molar-refractivity contribution is 0.0948. The van der Waals surface area contributed by atoms with Crippen LogP contribution >= 0.6 is 0 Å². The summed E-state index contributed by atoms with van der Waals surface area (Å²) < 4.78 is 5.30. The van der Waals surface area contributed by atoms with E-state index in [-0.39, 0.29) is 12.5 Å². The van der Waals surface area contributed by atoms with Crippen molar-refractivity contribution >= 4 is 11.6 Å². The Balaban J connectivity index is 2.07. The molecule has 19 heavy (non-hydrogen) atoms. The molecule has 0 fully saturated rings. The van der Waals surface area contributed by atoms with Crippen molar-refractivity contribution < 1.29 is 9.21 Å². The molecule has 100 valence electrons. The summed E-state index contributed by atoms with van der Waals surface area (Å²) in [7, 11) is 1.79. The highest BCUT2D eigenvalue weighted by Crippen LogP contribution is 2.17. The number of nitrogens with one attached hydrogen (secondary N) is 2. The Bertz CT molecular complexity index is 590. The van der Waals surface area contributed by atoms with Gasteiger partial charge in [0.2, 0.25) is 5.89 Å². The van der Waals surface area contributed by atoms with Crippen molar-refractivity contribution in [2.24, 2.45) is 0 Å². The van der Waals surface area contributed by atoms with Crippen molar-refractivity contribution in [3.8, 4) is 0 Å². The molecule has 1 heterocycles. The highest BCUT2D eigenvalue weighted by atomic mass is 16.4. The van der Waals surface area contributed by atoms with E-state index in [9.17, 15) is 4.79 Å². The monoisotopic (exact) mass is 259 g/mol. The van der Waals surface area contributed by atoms with Gasteiger partial charge in [-0.15, -0.1) is 0 Å². The van der Waals surface area contributed by atoms with E-state index in [4.69, 9.17) is 4.42 Å². The van der Waals surface area contributed by atoms with E-state index in [1.165, 1.54) is 0 Å². The van der Waals surface area contributed by atoms with Crippen LogP contribution in [0.15, 0.2) is 28.8 Å². The summed E-state index contributed by atoms with van der Waals surface area (Å²) in [6.45, 7) is 4.08. The summed E-state index contributed by atoms with van der Waals surface area (Å²) in [5.74, 6) is 1.08. The third kappa shape index (κ3) is 3.13. The van der Waals surface area contributed by atoms with E-state index in [2.05, 4.69) is 15.6 Å². The van der Waals surface area contributed by atoms with Crippen LogP contribution in [0.1, 0.15) is 27.6 Å². The topological polar surface area (TPSA) is 67.2 Å². The van der Waals surface area contributed by atoms with Gasteiger partial charge < -0.3 is 15.1 Å². The molecule has 2 N–H and O–H groups in total. The van der Waals surface area contributed by atoms with Crippen LogP contribution in [0.2, 0.25) is 0 Å². The number of hydrogen-bond acceptors (Lipinski definition) is 4. The van der Waals surface area contributed by atoms with E-state index in [1.54, 1.807) is 19.3 Å². The SMILES string of the molecule is CNc1cc(C)ccc1C(=O)NCc1ncc(C)o1. The predicted molar refractivity (Wildman–Crippen MR) is 73.1 cm³/mol. The zero-order valence-corrected chi connectivity index (χ0v) is 11.3. The number of oxazole rings is 1. The van der Waals surface area contributed by atoms with Crippen molar-refractivity contribution in [1.29, 1.82) is 0 Å². The van der Waals surface area contributed by atoms with E-state index in [0.29, 0.717) is 11.5 Å². The average Bonchev–Trinajstić information content (AvgIpc) is 2.81. The van der Waals surface area contributed by atoms with Gasteiger partial charge in [0.1, 0.15) is 5.76 Å². The molecule has 0 spiro atoms. The van der Waals surface area contributed by atoms with Gasteiger partial charge in [-0.3, -0.25) is 4.79 Å². The smallest absolute Gasteiger partial charge is 0.253 e. The Hall–Kier alpha value is -2.30. The van der Waals surface area contributed by atoms with Gasteiger partial charge >= 0.3 is 0 Å². The summed E-state index contributed by atoms with van der Waals surface area (Å²) in [6.07, 6.45) is 1.63. The summed E-state index contributed by atoms with van der Waals surface area (Å²) >= 11 is 0. The fourth-order valence-electron chi connectivity index (χ4n) is 1.80. The average molecular weight is 259 g/mol. The second-order valence-corrected chi connectivity index (χ2v) is 4.35. The maximum atomic E-state index is 12.1. The Labute approximate surface area is 112 Å². The minimum absolute atomic E-state index is 0.153. The van der Waals surface area contributed by atoms with Gasteiger partial charge in [0.25, 0.3) is 5.91 Å². The maximum absolute atomic E-state index is 12.1. The summed E-state index contributed by atoms with van der Waals surface area (Å²) in [4.78, 5) is 16.1. The molecule has 1 aromatic carbocycles. The second kappa shape index (κ2) is 5.56. The number of rotatable bonds is 4. The third-order valence-corrected chi connectivity index (χ3v) is 2.76. The van der Waals surface area contributed by atoms with Crippen molar-refractivity contribution in [1.82, 2.24) is 10.3 Å². The van der Waals surface area contributed by atoms with E-state index in [0.717, 1.165) is 17.0 Å². The standard InChI is InChI=1S/C14H17N3O2/c1-9-4-5-11(12(6-9)15-3)14(18)17-8-13-16-7-10(2)19-13/h4-7,15H,8H2,1-3H3,(H,17,18). The number of carbonyl (C=O) groups is 1. The zero-order valence-electron chi connectivity index (χ0n) is 11.3. The first-order valence-corrected chi connectivity index (χ1v) is 6.08. The van der Waals surface area contributed by atoms with Crippen molar-refractivity contribution in [3.05, 3.63) is 47.2 Å². The molecule has 2 aromatic rings. The fraction of sp³-hybridized carbons (Fsp3) is 0.286. The molecule has 0 bridgehead atoms. The predicted octanol–water partition coefficient (Wildman–Crippen LogP) is 2.26. The number of hydrogen-bond donors (Lipinski definition) is 2. The Morgan fingerprint density at radius 3 is 2.79 bits per heavy atom. The van der Waals surface area contributed by atoms with Crippen molar-refractivity contribution in [3.63, 3.8) is 0 Å². The quantitative estimate of drug-likeness (QED) is 0.883. The lowest BCUT2D eigenvalue weighted by Gasteiger charge is -2.09. The Kier molecular flexibility index (Phi) is 3.85. The number of aryl methyl sites for hydroxylation is 2. The first-order chi connectivity index (χ1) is 9.10. The number of anilines is 1. The molecule has 0 saturated carbocycles. The molecule has 0 aliphatic carbocycles. The van der Waals surface area contributed by atoms with Crippen LogP contribution in [-0.2, 0) is 6.54 Å². The highest BCUT2D eigenvalue weighted by molar-refractivity contribution is 5.99. The summed E-state index contributed by atoms with van der Waals surface area (Å²) in [5.41, 5.74) is 2.52. The normalized spacial score (nSPS) is 10.3. The van der Waals surface area contributed by atoms with Gasteiger partial charge in [-0.25, -0.2) is 4.98 Å². The molecule has 0 unspecified atom stereocenters. The van der Waals surface area contributed by atoms with Gasteiger partial charge in [-0.1, -0.05) is 6.07 Å². The molecule has 0 radical (unpaired) electrons. The van der Waals surface area contributed by atoms with Gasteiger partial charge in [-0.05, 0) is 31.5 Å². The molecular formula is C14H17N3O2. The molecular weight excluding hydrogens is 242 g/mol. The molecule has 0 atom stereocenters. The van der Waals surface area contributed by atoms with Crippen LogP contribution in [-0.4, -0.2) is 17.9 Å². The molecule has 1 amide bonds. The Morgan fingerprint density at radius 2 is 2.16 bits per heavy atom. The number of amides is 1. The molecule has 5 nitrogen and oxygen atoms in total. The molecule has 2 rings (SSSR count). The van der Waals surface area contributed by atoms with E-state index < -0.39 is 0 Å². The summed E-state index contributed by atoms with van der Waals surface area (Å²) in [6, 6.07) is 5.65. The minimum atomic E-state index is -0.153. The Morgan fingerprint density at radius 1 is 1.37 bits per heavy atom. The van der Waals surface area contributed by atoms with Crippen LogP contribution in [0.25, 0.3) is 0 Å². The number of nitrogens with zero attached hydrogens (tertiary/aromatic N) is 1. The summed E-state index contributed by atoms with van der Waals surface area (Å²) in [5, 5.41) is 5.81. The third-order valence-electron chi connectivity index (χ3n) is 2.76. The first kappa shape index (κ1) is 13.1. The number of benzene rings is 1. The van der Waals surface area contributed by atoms with Crippen LogP contribution in [0, 0.1) is 13.8 Å². The van der Waals surface area contributed by atoms with Crippen LogP contribution in [0.3, 0.4) is 0 Å². The van der Waals surface area contributed by atoms with Crippen molar-refractivity contribution in [2.45, 2.75) is 20.4 Å².